The van der Waals surface area contributed by atoms with Crippen molar-refractivity contribution in [1.82, 2.24) is 10.2 Å². The van der Waals surface area contributed by atoms with Gasteiger partial charge in [-0.05, 0) is 73.9 Å². The first-order valence-electron chi connectivity index (χ1n) is 14.3. The maximum atomic E-state index is 15.1. The number of urea groups is 1. The molecule has 1 unspecified atom stereocenters. The summed E-state index contributed by atoms with van der Waals surface area (Å²) in [7, 11) is 0. The zero-order valence-electron chi connectivity index (χ0n) is 23.1. The van der Waals surface area contributed by atoms with Gasteiger partial charge < -0.3 is 21.3 Å². The number of carbonyl (C=O) groups excluding carboxylic acids is 3. The molecule has 3 heterocycles. The summed E-state index contributed by atoms with van der Waals surface area (Å²) in [5.74, 6) is -0.329. The van der Waals surface area contributed by atoms with Crippen LogP contribution in [-0.2, 0) is 9.59 Å². The molecular weight excluding hydrogens is 535 g/mol. The molecule has 1 aliphatic carbocycles. The van der Waals surface area contributed by atoms with Gasteiger partial charge in [-0.15, -0.1) is 0 Å². The Morgan fingerprint density at radius 3 is 2.26 bits per heavy atom. The number of fused-ring (bicyclic) bond motifs is 5. The van der Waals surface area contributed by atoms with Crippen molar-refractivity contribution < 1.29 is 18.8 Å². The zero-order chi connectivity index (χ0) is 29.2. The maximum absolute atomic E-state index is 15.1. The fraction of sp³-hybridized carbons (Fsp3) is 0.312. The normalized spacial score (nSPS) is 21.6. The van der Waals surface area contributed by atoms with E-state index in [1.54, 1.807) is 66.7 Å². The quantitative estimate of drug-likeness (QED) is 0.396. The number of para-hydroxylation sites is 1. The van der Waals surface area contributed by atoms with Gasteiger partial charge in [-0.1, -0.05) is 36.4 Å². The van der Waals surface area contributed by atoms with Crippen molar-refractivity contribution in [3.63, 3.8) is 0 Å². The summed E-state index contributed by atoms with van der Waals surface area (Å²) in [6, 6.07) is 19.1. The van der Waals surface area contributed by atoms with E-state index in [-0.39, 0.29) is 23.7 Å². The summed E-state index contributed by atoms with van der Waals surface area (Å²) in [5, 5.41) is 5.30. The van der Waals surface area contributed by atoms with Crippen LogP contribution in [0.3, 0.4) is 0 Å². The number of nitrogens with two attached hydrogens (primary N) is 1. The van der Waals surface area contributed by atoms with E-state index in [2.05, 4.69) is 15.6 Å². The van der Waals surface area contributed by atoms with E-state index < -0.39 is 23.9 Å². The molecule has 3 aromatic carbocycles. The number of halogens is 1. The third-order valence-electron chi connectivity index (χ3n) is 8.32. The number of aliphatic imine (C=N–C) groups is 1. The van der Waals surface area contributed by atoms with Crippen molar-refractivity contribution in [3.05, 3.63) is 89.7 Å². The van der Waals surface area contributed by atoms with Crippen molar-refractivity contribution in [2.45, 2.75) is 31.8 Å². The average molecular weight is 569 g/mol. The van der Waals surface area contributed by atoms with Crippen LogP contribution in [0.4, 0.5) is 26.2 Å². The minimum atomic E-state index is -1.43. The van der Waals surface area contributed by atoms with E-state index >= 15 is 4.39 Å². The Hall–Kier alpha value is -4.73. The lowest BCUT2D eigenvalue weighted by Gasteiger charge is -2.29. The van der Waals surface area contributed by atoms with Crippen molar-refractivity contribution in [2.75, 3.05) is 35.6 Å². The molecule has 2 bridgehead atoms. The number of carbonyl (C=O) groups is 3. The van der Waals surface area contributed by atoms with E-state index in [1.807, 2.05) is 4.90 Å². The van der Waals surface area contributed by atoms with Crippen molar-refractivity contribution in [1.29, 1.82) is 0 Å². The smallest absolute Gasteiger partial charge is 0.321 e. The van der Waals surface area contributed by atoms with Crippen LogP contribution in [-0.4, -0.2) is 54.3 Å². The number of benzodiazepines with no additional fused rings is 1. The molecule has 0 aromatic heterocycles. The second kappa shape index (κ2) is 11.6. The van der Waals surface area contributed by atoms with Gasteiger partial charge in [-0.2, -0.15) is 0 Å². The van der Waals surface area contributed by atoms with E-state index in [9.17, 15) is 14.4 Å². The van der Waals surface area contributed by atoms with Crippen molar-refractivity contribution in [3.8, 4) is 0 Å². The lowest BCUT2D eigenvalue weighted by Crippen LogP contribution is -2.51. The van der Waals surface area contributed by atoms with Gasteiger partial charge in [0.2, 0.25) is 12.1 Å². The first kappa shape index (κ1) is 27.4. The number of benzene rings is 3. The molecule has 3 aliphatic heterocycles. The van der Waals surface area contributed by atoms with Gasteiger partial charge in [0.25, 0.3) is 5.91 Å². The van der Waals surface area contributed by atoms with Gasteiger partial charge in [0.1, 0.15) is 12.4 Å². The largest absolute Gasteiger partial charge is 0.399 e. The van der Waals surface area contributed by atoms with Crippen LogP contribution in [0.1, 0.15) is 36.8 Å². The minimum Gasteiger partial charge on any atom is -0.399 e. The van der Waals surface area contributed by atoms with Gasteiger partial charge in [0, 0.05) is 35.6 Å². The highest BCUT2D eigenvalue weighted by Gasteiger charge is 2.37. The third kappa shape index (κ3) is 5.70. The van der Waals surface area contributed by atoms with Crippen LogP contribution < -0.4 is 21.3 Å². The highest BCUT2D eigenvalue weighted by molar-refractivity contribution is 6.21. The number of hydrogen-bond donors (Lipinski definition) is 3. The van der Waals surface area contributed by atoms with Gasteiger partial charge in [-0.3, -0.25) is 14.5 Å². The molecule has 9 nitrogen and oxygen atoms in total. The molecule has 3 aromatic rings. The highest BCUT2D eigenvalue weighted by Crippen LogP contribution is 2.34. The molecule has 42 heavy (non-hydrogen) atoms. The molecule has 0 radical (unpaired) electrons. The number of hydrogen-bond acceptors (Lipinski definition) is 5. The maximum Gasteiger partial charge on any atom is 0.321 e. The minimum absolute atomic E-state index is 0.158. The van der Waals surface area contributed by atoms with Crippen LogP contribution >= 0.6 is 0 Å². The molecule has 7 rings (SSSR count). The molecule has 216 valence electrons. The molecular formula is C32H33FN6O3. The fourth-order valence-electron chi connectivity index (χ4n) is 6.20. The Morgan fingerprint density at radius 2 is 1.57 bits per heavy atom. The highest BCUT2D eigenvalue weighted by atomic mass is 19.1. The van der Waals surface area contributed by atoms with E-state index in [4.69, 9.17) is 5.73 Å². The standard InChI is InChI=1S/C32H33FN6O3/c33-26-10-3-1-8-24(26)29-25-9-2-4-11-27(25)39(19-28(40)38-17-20-12-13-21(18-38)15-14-20)31(41)30(36-29)37-32(42)35-23-7-5-6-22(34)16-23/h1-11,16,20-21,30H,12-15,17-19,34H2,(H2,35,37,42). The molecule has 0 spiro atoms. The topological polar surface area (TPSA) is 120 Å². The Bertz CT molecular complexity index is 1540. The van der Waals surface area contributed by atoms with Crippen LogP contribution in [0, 0.1) is 17.7 Å². The first-order valence-corrected chi connectivity index (χ1v) is 14.3. The van der Waals surface area contributed by atoms with E-state index in [0.717, 1.165) is 25.7 Å². The summed E-state index contributed by atoms with van der Waals surface area (Å²) >= 11 is 0. The molecule has 2 saturated heterocycles. The second-order valence-electron chi connectivity index (χ2n) is 11.2. The monoisotopic (exact) mass is 568 g/mol. The van der Waals surface area contributed by atoms with Crippen molar-refractivity contribution in [2.24, 2.45) is 16.8 Å². The van der Waals surface area contributed by atoms with Crippen molar-refractivity contribution >= 4 is 40.6 Å². The van der Waals surface area contributed by atoms with Gasteiger partial charge in [0.05, 0.1) is 11.4 Å². The fourth-order valence-corrected chi connectivity index (χ4v) is 6.20. The second-order valence-corrected chi connectivity index (χ2v) is 11.2. The molecule has 1 saturated carbocycles. The van der Waals surface area contributed by atoms with Gasteiger partial charge >= 0.3 is 6.03 Å². The number of nitrogens with one attached hydrogen (secondary N) is 2. The predicted octanol–water partition coefficient (Wildman–Crippen LogP) is 4.39. The number of rotatable bonds is 5. The summed E-state index contributed by atoms with van der Waals surface area (Å²) in [6.07, 6.45) is 3.05. The number of anilines is 3. The van der Waals surface area contributed by atoms with Crippen LogP contribution in [0.25, 0.3) is 0 Å². The molecule has 4 aliphatic rings. The Morgan fingerprint density at radius 1 is 0.905 bits per heavy atom. The number of nitrogens with zero attached hydrogens (tertiary/aromatic N) is 3. The van der Waals surface area contributed by atoms with Gasteiger partial charge in [-0.25, -0.2) is 14.2 Å². The average Bonchev–Trinajstić information content (AvgIpc) is 3.37. The van der Waals surface area contributed by atoms with E-state index in [1.165, 1.54) is 11.0 Å². The summed E-state index contributed by atoms with van der Waals surface area (Å²) in [6.45, 7) is 1.14. The van der Waals surface area contributed by atoms with Gasteiger partial charge in [0.15, 0.2) is 0 Å². The Labute approximate surface area is 243 Å². The lowest BCUT2D eigenvalue weighted by molar-refractivity contribution is -0.132. The number of nitrogen functional groups attached to an aromatic ring is 1. The van der Waals surface area contributed by atoms with E-state index in [0.29, 0.717) is 47.6 Å². The van der Waals surface area contributed by atoms with Crippen LogP contribution in [0.15, 0.2) is 77.8 Å². The van der Waals surface area contributed by atoms with Crippen LogP contribution in [0.2, 0.25) is 0 Å². The zero-order valence-corrected chi connectivity index (χ0v) is 23.1. The molecule has 3 fully saturated rings. The molecule has 1 atom stereocenters. The Balaban J connectivity index is 1.35. The lowest BCUT2D eigenvalue weighted by atomic mass is 9.84. The first-order chi connectivity index (χ1) is 20.4. The SMILES string of the molecule is Nc1cccc(NC(=O)NC2N=C(c3ccccc3F)c3ccccc3N(CC(=O)N3CC4CCC(CC4)C3)C2=O)c1. The number of amides is 4. The third-order valence-corrected chi connectivity index (χ3v) is 8.32. The van der Waals surface area contributed by atoms with Crippen LogP contribution in [0.5, 0.6) is 0 Å². The summed E-state index contributed by atoms with van der Waals surface area (Å²) in [4.78, 5) is 48.8. The summed E-state index contributed by atoms with van der Waals surface area (Å²) in [5.41, 5.74) is 8.02. The molecule has 4 amide bonds. The summed E-state index contributed by atoms with van der Waals surface area (Å²) < 4.78 is 15.1. The molecule has 10 heteroatoms. The Kier molecular flexibility index (Phi) is 7.60. The molecule has 4 N–H and O–H groups in total. The predicted molar refractivity (Wildman–Crippen MR) is 160 cm³/mol.